The lowest BCUT2D eigenvalue weighted by Gasteiger charge is -2.20. The second-order valence-electron chi connectivity index (χ2n) is 4.58. The van der Waals surface area contributed by atoms with Gasteiger partial charge in [-0.05, 0) is 38.5 Å². The fourth-order valence-corrected chi connectivity index (χ4v) is 1.73. The number of ether oxygens (including phenoxy) is 1. The molecule has 0 aliphatic heterocycles. The van der Waals surface area contributed by atoms with Crippen LogP contribution in [0.25, 0.3) is 0 Å². The van der Waals surface area contributed by atoms with Crippen molar-refractivity contribution >= 4 is 0 Å². The SMILES string of the molecule is C#CC(C)NC(CN)c1cccc(OC(C)C)c1. The van der Waals surface area contributed by atoms with Gasteiger partial charge in [0.05, 0.1) is 12.1 Å². The number of hydrogen-bond donors (Lipinski definition) is 2. The van der Waals surface area contributed by atoms with E-state index in [-0.39, 0.29) is 18.2 Å². The van der Waals surface area contributed by atoms with Crippen molar-refractivity contribution in [1.29, 1.82) is 0 Å². The number of rotatable bonds is 6. The molecule has 3 nitrogen and oxygen atoms in total. The maximum atomic E-state index is 5.79. The van der Waals surface area contributed by atoms with Crippen LogP contribution in [0.3, 0.4) is 0 Å². The number of nitrogens with two attached hydrogens (primary N) is 1. The van der Waals surface area contributed by atoms with Crippen molar-refractivity contribution in [2.24, 2.45) is 5.73 Å². The van der Waals surface area contributed by atoms with Gasteiger partial charge in [-0.2, -0.15) is 0 Å². The Morgan fingerprint density at radius 2 is 2.11 bits per heavy atom. The molecule has 98 valence electrons. The van der Waals surface area contributed by atoms with Crippen molar-refractivity contribution in [3.8, 4) is 18.1 Å². The minimum atomic E-state index is -0.00627. The summed E-state index contributed by atoms with van der Waals surface area (Å²) in [6, 6.07) is 7.99. The number of terminal acetylenes is 1. The Balaban J connectivity index is 2.83. The second-order valence-corrected chi connectivity index (χ2v) is 4.58. The fraction of sp³-hybridized carbons (Fsp3) is 0.467. The standard InChI is InChI=1S/C15H22N2O/c1-5-12(4)17-15(10-16)13-7-6-8-14(9-13)18-11(2)3/h1,6-9,11-12,15,17H,10,16H2,2-4H3. The van der Waals surface area contributed by atoms with E-state index < -0.39 is 0 Å². The summed E-state index contributed by atoms with van der Waals surface area (Å²) < 4.78 is 5.67. The molecule has 2 unspecified atom stereocenters. The quantitative estimate of drug-likeness (QED) is 0.756. The van der Waals surface area contributed by atoms with Crippen molar-refractivity contribution < 1.29 is 4.74 Å². The first-order valence-corrected chi connectivity index (χ1v) is 6.25. The van der Waals surface area contributed by atoms with Gasteiger partial charge in [0.2, 0.25) is 0 Å². The van der Waals surface area contributed by atoms with Crippen molar-refractivity contribution in [3.05, 3.63) is 29.8 Å². The van der Waals surface area contributed by atoms with Gasteiger partial charge in [0.1, 0.15) is 5.75 Å². The average molecular weight is 246 g/mol. The third kappa shape index (κ3) is 4.40. The van der Waals surface area contributed by atoms with Gasteiger partial charge >= 0.3 is 0 Å². The summed E-state index contributed by atoms with van der Waals surface area (Å²) in [5.41, 5.74) is 6.88. The van der Waals surface area contributed by atoms with E-state index in [9.17, 15) is 0 Å². The van der Waals surface area contributed by atoms with Crippen LogP contribution in [-0.4, -0.2) is 18.7 Å². The Labute approximate surface area is 110 Å². The van der Waals surface area contributed by atoms with Crippen molar-refractivity contribution in [2.75, 3.05) is 6.54 Å². The molecule has 0 saturated carbocycles. The van der Waals surface area contributed by atoms with Crippen LogP contribution in [0.4, 0.5) is 0 Å². The Morgan fingerprint density at radius 1 is 1.39 bits per heavy atom. The topological polar surface area (TPSA) is 47.3 Å². The zero-order chi connectivity index (χ0) is 13.5. The molecule has 0 heterocycles. The normalized spacial score (nSPS) is 14.0. The summed E-state index contributed by atoms with van der Waals surface area (Å²) in [6.07, 6.45) is 5.53. The molecule has 0 bridgehead atoms. The Hall–Kier alpha value is -1.50. The van der Waals surface area contributed by atoms with E-state index in [2.05, 4.69) is 11.2 Å². The molecule has 1 rings (SSSR count). The first kappa shape index (κ1) is 14.6. The minimum absolute atomic E-state index is 0.00627. The van der Waals surface area contributed by atoms with Gasteiger partial charge in [-0.15, -0.1) is 6.42 Å². The summed E-state index contributed by atoms with van der Waals surface area (Å²) in [7, 11) is 0. The molecule has 0 aliphatic rings. The van der Waals surface area contributed by atoms with E-state index in [1.54, 1.807) is 0 Å². The monoisotopic (exact) mass is 246 g/mol. The third-order valence-corrected chi connectivity index (χ3v) is 2.57. The summed E-state index contributed by atoms with van der Waals surface area (Å²) >= 11 is 0. The van der Waals surface area contributed by atoms with Gasteiger partial charge < -0.3 is 10.5 Å². The van der Waals surface area contributed by atoms with Gasteiger partial charge in [0, 0.05) is 12.6 Å². The molecule has 0 fully saturated rings. The first-order chi connectivity index (χ1) is 8.56. The molecular formula is C15H22N2O. The maximum absolute atomic E-state index is 5.79. The highest BCUT2D eigenvalue weighted by atomic mass is 16.5. The highest BCUT2D eigenvalue weighted by Gasteiger charge is 2.12. The molecule has 1 aromatic rings. The smallest absolute Gasteiger partial charge is 0.120 e. The summed E-state index contributed by atoms with van der Waals surface area (Å²) in [5, 5.41) is 3.30. The van der Waals surface area contributed by atoms with Crippen LogP contribution in [0.5, 0.6) is 5.75 Å². The molecule has 0 aliphatic carbocycles. The maximum Gasteiger partial charge on any atom is 0.120 e. The van der Waals surface area contributed by atoms with Crippen LogP contribution in [0.1, 0.15) is 32.4 Å². The van der Waals surface area contributed by atoms with Gasteiger partial charge in [-0.25, -0.2) is 0 Å². The third-order valence-electron chi connectivity index (χ3n) is 2.57. The average Bonchev–Trinajstić information content (AvgIpc) is 2.35. The van der Waals surface area contributed by atoms with Crippen LogP contribution in [0.2, 0.25) is 0 Å². The van der Waals surface area contributed by atoms with Crippen LogP contribution >= 0.6 is 0 Å². The molecular weight excluding hydrogens is 224 g/mol. The van der Waals surface area contributed by atoms with Crippen LogP contribution in [0.15, 0.2) is 24.3 Å². The van der Waals surface area contributed by atoms with E-state index in [1.165, 1.54) is 0 Å². The molecule has 0 aromatic heterocycles. The molecule has 0 amide bonds. The zero-order valence-electron chi connectivity index (χ0n) is 11.3. The van der Waals surface area contributed by atoms with E-state index in [1.807, 2.05) is 45.0 Å². The molecule has 18 heavy (non-hydrogen) atoms. The van der Waals surface area contributed by atoms with Crippen LogP contribution < -0.4 is 15.8 Å². The first-order valence-electron chi connectivity index (χ1n) is 6.25. The van der Waals surface area contributed by atoms with E-state index in [0.717, 1.165) is 11.3 Å². The molecule has 0 spiro atoms. The lowest BCUT2D eigenvalue weighted by Crippen LogP contribution is -2.34. The van der Waals surface area contributed by atoms with Crippen molar-refractivity contribution in [1.82, 2.24) is 5.32 Å². The van der Waals surface area contributed by atoms with Crippen molar-refractivity contribution in [3.63, 3.8) is 0 Å². The summed E-state index contributed by atoms with van der Waals surface area (Å²) in [4.78, 5) is 0. The predicted octanol–water partition coefficient (Wildman–Crippen LogP) is 2.08. The predicted molar refractivity (Wildman–Crippen MR) is 75.4 cm³/mol. The van der Waals surface area contributed by atoms with Crippen LogP contribution in [0, 0.1) is 12.3 Å². The molecule has 3 heteroatoms. The number of nitrogens with one attached hydrogen (secondary N) is 1. The zero-order valence-corrected chi connectivity index (χ0v) is 11.3. The number of benzene rings is 1. The van der Waals surface area contributed by atoms with Gasteiger partial charge in [0.15, 0.2) is 0 Å². The molecule has 3 N–H and O–H groups in total. The number of hydrogen-bond acceptors (Lipinski definition) is 3. The lowest BCUT2D eigenvalue weighted by atomic mass is 10.1. The highest BCUT2D eigenvalue weighted by Crippen LogP contribution is 2.20. The Bertz CT molecular complexity index is 409. The van der Waals surface area contributed by atoms with Gasteiger partial charge in [-0.1, -0.05) is 18.1 Å². The highest BCUT2D eigenvalue weighted by molar-refractivity contribution is 5.31. The van der Waals surface area contributed by atoms with Crippen molar-refractivity contribution in [2.45, 2.75) is 39.0 Å². The van der Waals surface area contributed by atoms with E-state index in [4.69, 9.17) is 16.9 Å². The molecule has 2 atom stereocenters. The second kappa shape index (κ2) is 7.05. The van der Waals surface area contributed by atoms with Gasteiger partial charge in [-0.3, -0.25) is 5.32 Å². The summed E-state index contributed by atoms with van der Waals surface area (Å²) in [5.74, 6) is 3.51. The van der Waals surface area contributed by atoms with E-state index in [0.29, 0.717) is 6.54 Å². The van der Waals surface area contributed by atoms with E-state index >= 15 is 0 Å². The molecule has 1 aromatic carbocycles. The minimum Gasteiger partial charge on any atom is -0.491 e. The Morgan fingerprint density at radius 3 is 2.67 bits per heavy atom. The summed E-state index contributed by atoms with van der Waals surface area (Å²) in [6.45, 7) is 6.45. The van der Waals surface area contributed by atoms with Gasteiger partial charge in [0.25, 0.3) is 0 Å². The fourth-order valence-electron chi connectivity index (χ4n) is 1.73. The lowest BCUT2D eigenvalue weighted by molar-refractivity contribution is 0.242. The molecule has 0 saturated heterocycles. The Kier molecular flexibility index (Phi) is 5.70. The molecule has 0 radical (unpaired) electrons. The largest absolute Gasteiger partial charge is 0.491 e. The van der Waals surface area contributed by atoms with Crippen LogP contribution in [-0.2, 0) is 0 Å².